The second-order valence-corrected chi connectivity index (χ2v) is 8.67. The Labute approximate surface area is 198 Å². The summed E-state index contributed by atoms with van der Waals surface area (Å²) in [6.45, 7) is 3.94. The molecule has 0 bridgehead atoms. The zero-order valence-corrected chi connectivity index (χ0v) is 18.8. The van der Waals surface area contributed by atoms with Crippen molar-refractivity contribution < 1.29 is 14.3 Å². The number of nitrogens with zero attached hydrogens (tertiary/aromatic N) is 4. The maximum atomic E-state index is 13.1. The number of aromatic nitrogens is 2. The SMILES string of the molecule is O=C([C@@H]1COc2ccccc2O1)N1CCN(Cc2c(-c3ccccc3)nc3ccccn23)CC1. The van der Waals surface area contributed by atoms with Crippen LogP contribution in [0.1, 0.15) is 5.69 Å². The first-order valence-electron chi connectivity index (χ1n) is 11.7. The van der Waals surface area contributed by atoms with Gasteiger partial charge in [-0.25, -0.2) is 4.98 Å². The fourth-order valence-electron chi connectivity index (χ4n) is 4.71. The smallest absolute Gasteiger partial charge is 0.267 e. The molecule has 34 heavy (non-hydrogen) atoms. The predicted octanol–water partition coefficient (Wildman–Crippen LogP) is 3.49. The molecule has 2 aliphatic rings. The third kappa shape index (κ3) is 3.88. The van der Waals surface area contributed by atoms with E-state index in [9.17, 15) is 4.79 Å². The lowest BCUT2D eigenvalue weighted by Gasteiger charge is -2.37. The van der Waals surface area contributed by atoms with Gasteiger partial charge in [0, 0.05) is 44.5 Å². The summed E-state index contributed by atoms with van der Waals surface area (Å²) < 4.78 is 13.8. The van der Waals surface area contributed by atoms with E-state index in [-0.39, 0.29) is 12.5 Å². The van der Waals surface area contributed by atoms with E-state index in [0.717, 1.165) is 36.5 Å². The van der Waals surface area contributed by atoms with E-state index in [1.165, 1.54) is 5.69 Å². The Kier molecular flexibility index (Phi) is 5.39. The van der Waals surface area contributed by atoms with Crippen LogP contribution in [0.2, 0.25) is 0 Å². The minimum absolute atomic E-state index is 0.00562. The van der Waals surface area contributed by atoms with Crippen molar-refractivity contribution in [2.24, 2.45) is 0 Å². The highest BCUT2D eigenvalue weighted by molar-refractivity contribution is 5.82. The van der Waals surface area contributed by atoms with Gasteiger partial charge in [-0.3, -0.25) is 9.69 Å². The van der Waals surface area contributed by atoms with Crippen molar-refractivity contribution >= 4 is 11.6 Å². The summed E-state index contributed by atoms with van der Waals surface area (Å²) in [6.07, 6.45) is 1.48. The molecule has 2 aromatic carbocycles. The summed E-state index contributed by atoms with van der Waals surface area (Å²) in [6, 6.07) is 23.9. The van der Waals surface area contributed by atoms with Crippen molar-refractivity contribution in [3.8, 4) is 22.8 Å². The second-order valence-electron chi connectivity index (χ2n) is 8.67. The second kappa shape index (κ2) is 8.83. The minimum Gasteiger partial charge on any atom is -0.485 e. The molecule has 2 aliphatic heterocycles. The van der Waals surface area contributed by atoms with Crippen molar-refractivity contribution in [1.29, 1.82) is 0 Å². The minimum atomic E-state index is -0.593. The van der Waals surface area contributed by atoms with Gasteiger partial charge in [0.05, 0.1) is 11.4 Å². The standard InChI is InChI=1S/C27H26N4O3/c32-27(24-19-33-22-10-4-5-11-23(22)34-24)30-16-14-29(15-17-30)18-21-26(20-8-2-1-3-9-20)28-25-12-6-7-13-31(21)25/h1-13,24H,14-19H2/t24-/m0/s1. The number of piperazine rings is 1. The van der Waals surface area contributed by atoms with E-state index in [1.807, 2.05) is 65.6 Å². The van der Waals surface area contributed by atoms with E-state index in [1.54, 1.807) is 0 Å². The molecular formula is C27H26N4O3. The Balaban J connectivity index is 1.15. The molecule has 7 heteroatoms. The topological polar surface area (TPSA) is 59.3 Å². The molecule has 0 radical (unpaired) electrons. The molecule has 172 valence electrons. The van der Waals surface area contributed by atoms with Crippen molar-refractivity contribution in [2.45, 2.75) is 12.6 Å². The number of pyridine rings is 1. The number of amides is 1. The highest BCUT2D eigenvalue weighted by atomic mass is 16.6. The molecule has 0 unspecified atom stereocenters. The number of carbonyl (C=O) groups is 1. The number of ether oxygens (including phenoxy) is 2. The first kappa shape index (κ1) is 20.7. The Morgan fingerprint density at radius 3 is 2.44 bits per heavy atom. The quantitative estimate of drug-likeness (QED) is 0.473. The van der Waals surface area contributed by atoms with Gasteiger partial charge in [-0.15, -0.1) is 0 Å². The lowest BCUT2D eigenvalue weighted by atomic mass is 10.1. The van der Waals surface area contributed by atoms with Gasteiger partial charge in [-0.2, -0.15) is 0 Å². The summed E-state index contributed by atoms with van der Waals surface area (Å²) in [5, 5.41) is 0. The number of rotatable bonds is 4. The van der Waals surface area contributed by atoms with Crippen molar-refractivity contribution in [3.63, 3.8) is 0 Å². The number of hydrogen-bond donors (Lipinski definition) is 0. The van der Waals surface area contributed by atoms with Crippen molar-refractivity contribution in [2.75, 3.05) is 32.8 Å². The van der Waals surface area contributed by atoms with E-state index in [0.29, 0.717) is 24.6 Å². The van der Waals surface area contributed by atoms with Crippen LogP contribution in [0.5, 0.6) is 11.5 Å². The van der Waals surface area contributed by atoms with Crippen LogP contribution in [0.15, 0.2) is 79.0 Å². The highest BCUT2D eigenvalue weighted by Gasteiger charge is 2.33. The fraction of sp³-hybridized carbons (Fsp3) is 0.259. The van der Waals surface area contributed by atoms with E-state index < -0.39 is 6.10 Å². The van der Waals surface area contributed by atoms with Crippen LogP contribution in [0.25, 0.3) is 16.9 Å². The zero-order chi connectivity index (χ0) is 22.9. The molecule has 0 spiro atoms. The van der Waals surface area contributed by atoms with Crippen LogP contribution in [0, 0.1) is 0 Å². The van der Waals surface area contributed by atoms with Gasteiger partial charge in [0.2, 0.25) is 6.10 Å². The third-order valence-electron chi connectivity index (χ3n) is 6.52. The zero-order valence-electron chi connectivity index (χ0n) is 18.8. The lowest BCUT2D eigenvalue weighted by Crippen LogP contribution is -2.53. The number of hydrogen-bond acceptors (Lipinski definition) is 5. The number of para-hydroxylation sites is 2. The fourth-order valence-corrected chi connectivity index (χ4v) is 4.71. The maximum absolute atomic E-state index is 13.1. The van der Waals surface area contributed by atoms with Crippen LogP contribution < -0.4 is 9.47 Å². The lowest BCUT2D eigenvalue weighted by molar-refractivity contribution is -0.143. The summed E-state index contributed by atoms with van der Waals surface area (Å²) >= 11 is 0. The average molecular weight is 455 g/mol. The van der Waals surface area contributed by atoms with Gasteiger partial charge in [0.25, 0.3) is 5.91 Å². The number of fused-ring (bicyclic) bond motifs is 2. The van der Waals surface area contributed by atoms with Crippen LogP contribution >= 0.6 is 0 Å². The molecule has 7 nitrogen and oxygen atoms in total. The third-order valence-corrected chi connectivity index (χ3v) is 6.52. The van der Waals surface area contributed by atoms with Gasteiger partial charge in [0.1, 0.15) is 12.3 Å². The molecule has 1 amide bonds. The Morgan fingerprint density at radius 1 is 0.882 bits per heavy atom. The Hall–Kier alpha value is -3.84. The molecule has 1 fully saturated rings. The first-order valence-corrected chi connectivity index (χ1v) is 11.7. The average Bonchev–Trinajstić information content (AvgIpc) is 3.27. The number of imidazole rings is 1. The van der Waals surface area contributed by atoms with Crippen molar-refractivity contribution in [1.82, 2.24) is 19.2 Å². The molecule has 2 aromatic heterocycles. The van der Waals surface area contributed by atoms with Crippen LogP contribution in [0.3, 0.4) is 0 Å². The molecule has 0 N–H and O–H groups in total. The van der Waals surface area contributed by atoms with E-state index in [4.69, 9.17) is 14.5 Å². The number of carbonyl (C=O) groups excluding carboxylic acids is 1. The monoisotopic (exact) mass is 454 g/mol. The summed E-state index contributed by atoms with van der Waals surface area (Å²) in [5.74, 6) is 1.32. The molecule has 0 saturated carbocycles. The van der Waals surface area contributed by atoms with Crippen LogP contribution in [-0.2, 0) is 11.3 Å². The van der Waals surface area contributed by atoms with Gasteiger partial charge >= 0.3 is 0 Å². The Bertz CT molecular complexity index is 1310. The molecule has 1 atom stereocenters. The summed E-state index contributed by atoms with van der Waals surface area (Å²) in [5.41, 5.74) is 4.24. The van der Waals surface area contributed by atoms with Gasteiger partial charge < -0.3 is 18.8 Å². The molecule has 0 aliphatic carbocycles. The molecule has 4 heterocycles. The molecular weight excluding hydrogens is 428 g/mol. The van der Waals surface area contributed by atoms with Crippen LogP contribution in [0.4, 0.5) is 0 Å². The van der Waals surface area contributed by atoms with Crippen LogP contribution in [-0.4, -0.2) is 64.0 Å². The van der Waals surface area contributed by atoms with E-state index >= 15 is 0 Å². The maximum Gasteiger partial charge on any atom is 0.267 e. The molecule has 1 saturated heterocycles. The van der Waals surface area contributed by atoms with Gasteiger partial charge in [0.15, 0.2) is 11.5 Å². The summed E-state index contributed by atoms with van der Waals surface area (Å²) in [7, 11) is 0. The summed E-state index contributed by atoms with van der Waals surface area (Å²) in [4.78, 5) is 22.3. The largest absolute Gasteiger partial charge is 0.485 e. The first-order chi connectivity index (χ1) is 16.8. The molecule has 6 rings (SSSR count). The number of benzene rings is 2. The normalized spacial score (nSPS) is 18.2. The Morgan fingerprint density at radius 2 is 1.62 bits per heavy atom. The van der Waals surface area contributed by atoms with Crippen molar-refractivity contribution in [3.05, 3.63) is 84.7 Å². The van der Waals surface area contributed by atoms with E-state index in [2.05, 4.69) is 27.6 Å². The predicted molar refractivity (Wildman–Crippen MR) is 129 cm³/mol. The van der Waals surface area contributed by atoms with Gasteiger partial charge in [-0.1, -0.05) is 48.5 Å². The van der Waals surface area contributed by atoms with Gasteiger partial charge in [-0.05, 0) is 24.3 Å². The highest BCUT2D eigenvalue weighted by Crippen LogP contribution is 2.31. The molecule has 4 aromatic rings.